The second-order valence-electron chi connectivity index (χ2n) is 5.98. The fourth-order valence-corrected chi connectivity index (χ4v) is 2.31. The lowest BCUT2D eigenvalue weighted by Crippen LogP contribution is -2.10. The molecule has 1 aliphatic carbocycles. The van der Waals surface area contributed by atoms with Gasteiger partial charge in [0.15, 0.2) is 0 Å². The van der Waals surface area contributed by atoms with Gasteiger partial charge in [0.25, 0.3) is 0 Å². The Kier molecular flexibility index (Phi) is 3.30. The lowest BCUT2D eigenvalue weighted by Gasteiger charge is -2.23. The molecule has 0 amide bonds. The molecule has 0 saturated carbocycles. The zero-order chi connectivity index (χ0) is 13.3. The first-order valence-electron chi connectivity index (χ1n) is 6.49. The van der Waals surface area contributed by atoms with Crippen molar-refractivity contribution in [1.29, 1.82) is 0 Å². The summed E-state index contributed by atoms with van der Waals surface area (Å²) in [5.74, 6) is 0. The van der Waals surface area contributed by atoms with Crippen LogP contribution in [-0.2, 0) is 0 Å². The van der Waals surface area contributed by atoms with Gasteiger partial charge in [0.05, 0.1) is 0 Å². The lowest BCUT2D eigenvalue weighted by atomic mass is 9.81. The predicted octanol–water partition coefficient (Wildman–Crippen LogP) is 5.20. The normalized spacial score (nSPS) is 18.5. The van der Waals surface area contributed by atoms with E-state index in [2.05, 4.69) is 77.1 Å². The summed E-state index contributed by atoms with van der Waals surface area (Å²) in [7, 11) is 0. The first-order chi connectivity index (χ1) is 8.39. The molecule has 1 aliphatic rings. The molecule has 0 N–H and O–H groups in total. The van der Waals surface area contributed by atoms with Crippen LogP contribution in [0.15, 0.2) is 53.1 Å². The molecule has 0 heterocycles. The fourth-order valence-electron chi connectivity index (χ4n) is 2.31. The number of rotatable bonds is 1. The highest BCUT2D eigenvalue weighted by atomic mass is 14.3. The van der Waals surface area contributed by atoms with Gasteiger partial charge in [0, 0.05) is 0 Å². The Morgan fingerprint density at radius 1 is 1.06 bits per heavy atom. The minimum atomic E-state index is 0.163. The lowest BCUT2D eigenvalue weighted by molar-refractivity contribution is 0.514. The van der Waals surface area contributed by atoms with Crippen molar-refractivity contribution in [2.24, 2.45) is 5.41 Å². The maximum absolute atomic E-state index is 3.51. The minimum absolute atomic E-state index is 0.163. The number of hydrogen-bond donors (Lipinski definition) is 0. The molecule has 0 nitrogen and oxygen atoms in total. The SMILES string of the molecule is CC1=[C]C(=C(C)c2ccccc2)C(C(C)(C)C)=C1. The fraction of sp³-hybridized carbons (Fsp3) is 0.333. The Bertz CT molecular complexity index is 531. The summed E-state index contributed by atoms with van der Waals surface area (Å²) in [6.07, 6.45) is 5.78. The van der Waals surface area contributed by atoms with Gasteiger partial charge in [-0.15, -0.1) is 0 Å². The average Bonchev–Trinajstić information content (AvgIpc) is 2.71. The van der Waals surface area contributed by atoms with Crippen LogP contribution >= 0.6 is 0 Å². The summed E-state index contributed by atoms with van der Waals surface area (Å²) in [6, 6.07) is 10.6. The van der Waals surface area contributed by atoms with Crippen LogP contribution in [0.2, 0.25) is 0 Å². The average molecular weight is 237 g/mol. The van der Waals surface area contributed by atoms with E-state index in [1.54, 1.807) is 0 Å². The van der Waals surface area contributed by atoms with Gasteiger partial charge >= 0.3 is 0 Å². The van der Waals surface area contributed by atoms with E-state index in [-0.39, 0.29) is 5.41 Å². The van der Waals surface area contributed by atoms with Gasteiger partial charge in [-0.2, -0.15) is 0 Å². The summed E-state index contributed by atoms with van der Waals surface area (Å²) in [5.41, 5.74) is 6.65. The molecule has 0 aromatic heterocycles. The van der Waals surface area contributed by atoms with Gasteiger partial charge in [-0.1, -0.05) is 57.2 Å². The van der Waals surface area contributed by atoms with Crippen LogP contribution < -0.4 is 0 Å². The molecule has 0 bridgehead atoms. The van der Waals surface area contributed by atoms with Crippen LogP contribution in [0.1, 0.15) is 40.2 Å². The van der Waals surface area contributed by atoms with Crippen molar-refractivity contribution < 1.29 is 0 Å². The highest BCUT2D eigenvalue weighted by molar-refractivity contribution is 5.75. The second-order valence-corrected chi connectivity index (χ2v) is 5.98. The molecule has 1 aromatic rings. The Hall–Kier alpha value is -1.56. The predicted molar refractivity (Wildman–Crippen MR) is 79.0 cm³/mol. The molecule has 1 aromatic carbocycles. The monoisotopic (exact) mass is 237 g/mol. The maximum atomic E-state index is 3.51. The molecule has 2 rings (SSSR count). The number of benzene rings is 1. The third-order valence-electron chi connectivity index (χ3n) is 3.34. The number of allylic oxidation sites excluding steroid dienone is 6. The van der Waals surface area contributed by atoms with E-state index in [0.717, 1.165) is 0 Å². The number of hydrogen-bond acceptors (Lipinski definition) is 0. The molecule has 0 fully saturated rings. The van der Waals surface area contributed by atoms with E-state index in [4.69, 9.17) is 0 Å². The minimum Gasteiger partial charge on any atom is -0.0622 e. The van der Waals surface area contributed by atoms with Gasteiger partial charge < -0.3 is 0 Å². The molecule has 18 heavy (non-hydrogen) atoms. The zero-order valence-electron chi connectivity index (χ0n) is 12.0. The topological polar surface area (TPSA) is 0 Å². The molecular formula is C18H21. The molecule has 0 saturated heterocycles. The van der Waals surface area contributed by atoms with Gasteiger partial charge in [-0.05, 0) is 53.2 Å². The molecule has 0 spiro atoms. The molecule has 0 heteroatoms. The summed E-state index contributed by atoms with van der Waals surface area (Å²) in [5, 5.41) is 0. The Labute approximate surface area is 111 Å². The van der Waals surface area contributed by atoms with Crippen LogP contribution in [0.4, 0.5) is 0 Å². The third kappa shape index (κ3) is 2.48. The summed E-state index contributed by atoms with van der Waals surface area (Å²) < 4.78 is 0. The highest BCUT2D eigenvalue weighted by Gasteiger charge is 2.24. The Morgan fingerprint density at radius 3 is 2.22 bits per heavy atom. The Morgan fingerprint density at radius 2 is 1.67 bits per heavy atom. The quantitative estimate of drug-likeness (QED) is 0.630. The van der Waals surface area contributed by atoms with Crippen molar-refractivity contribution >= 4 is 5.57 Å². The van der Waals surface area contributed by atoms with Crippen molar-refractivity contribution in [3.8, 4) is 0 Å². The second kappa shape index (κ2) is 4.61. The maximum Gasteiger partial charge on any atom is -0.00673 e. The van der Waals surface area contributed by atoms with Gasteiger partial charge in [-0.3, -0.25) is 0 Å². The summed E-state index contributed by atoms with van der Waals surface area (Å²) in [4.78, 5) is 0. The van der Waals surface area contributed by atoms with Crippen molar-refractivity contribution in [2.45, 2.75) is 34.6 Å². The van der Waals surface area contributed by atoms with E-state index in [1.165, 1.54) is 27.9 Å². The zero-order valence-corrected chi connectivity index (χ0v) is 12.0. The smallest absolute Gasteiger partial charge is 0.00673 e. The molecule has 1 radical (unpaired) electrons. The van der Waals surface area contributed by atoms with Crippen LogP contribution in [0.5, 0.6) is 0 Å². The van der Waals surface area contributed by atoms with Crippen LogP contribution in [0.25, 0.3) is 5.57 Å². The van der Waals surface area contributed by atoms with E-state index in [9.17, 15) is 0 Å². The van der Waals surface area contributed by atoms with Crippen molar-refractivity contribution in [1.82, 2.24) is 0 Å². The van der Waals surface area contributed by atoms with Crippen molar-refractivity contribution in [3.63, 3.8) is 0 Å². The molecular weight excluding hydrogens is 216 g/mol. The molecule has 0 unspecified atom stereocenters. The first kappa shape index (κ1) is 12.9. The van der Waals surface area contributed by atoms with Gasteiger partial charge in [0.1, 0.15) is 0 Å². The first-order valence-corrected chi connectivity index (χ1v) is 6.49. The van der Waals surface area contributed by atoms with E-state index >= 15 is 0 Å². The van der Waals surface area contributed by atoms with Crippen molar-refractivity contribution in [2.75, 3.05) is 0 Å². The van der Waals surface area contributed by atoms with Gasteiger partial charge in [0.2, 0.25) is 0 Å². The third-order valence-corrected chi connectivity index (χ3v) is 3.34. The molecule has 0 aliphatic heterocycles. The largest absolute Gasteiger partial charge is 0.0622 e. The highest BCUT2D eigenvalue weighted by Crippen LogP contribution is 2.40. The summed E-state index contributed by atoms with van der Waals surface area (Å²) in [6.45, 7) is 11.1. The summed E-state index contributed by atoms with van der Waals surface area (Å²) >= 11 is 0. The van der Waals surface area contributed by atoms with Crippen molar-refractivity contribution in [3.05, 3.63) is 64.8 Å². The van der Waals surface area contributed by atoms with Crippen LogP contribution in [0, 0.1) is 11.5 Å². The Balaban J connectivity index is 2.53. The van der Waals surface area contributed by atoms with Crippen LogP contribution in [0.3, 0.4) is 0 Å². The van der Waals surface area contributed by atoms with Gasteiger partial charge in [-0.25, -0.2) is 0 Å². The van der Waals surface area contributed by atoms with Crippen LogP contribution in [-0.4, -0.2) is 0 Å². The van der Waals surface area contributed by atoms with E-state index in [1.807, 2.05) is 0 Å². The van der Waals surface area contributed by atoms with E-state index < -0.39 is 0 Å². The molecule has 93 valence electrons. The molecule has 0 atom stereocenters. The standard InChI is InChI=1S/C18H21/c1-13-11-16(17(12-13)18(3,4)5)14(2)15-9-7-6-8-10-15/h6-10,12H,1-5H3. The van der Waals surface area contributed by atoms with E-state index in [0.29, 0.717) is 0 Å².